The molecule has 114 valence electrons. The fraction of sp³-hybridized carbons (Fsp3) is 0.667. The van der Waals surface area contributed by atoms with Crippen molar-refractivity contribution in [2.24, 2.45) is 16.7 Å². The van der Waals surface area contributed by atoms with Crippen LogP contribution in [0.5, 0.6) is 0 Å². The standard InChI is InChI=1S/C18H25ClN2/c1-16-6-12-7-17(2,9-16)11-18(8-12,10-16)21-15-4-3-13(19)5-14(15)20/h3-5,12,21H,6-11,20H2,1-2H3. The van der Waals surface area contributed by atoms with Crippen molar-refractivity contribution in [2.45, 2.75) is 57.9 Å². The van der Waals surface area contributed by atoms with Crippen LogP contribution in [0.25, 0.3) is 0 Å². The predicted molar refractivity (Wildman–Crippen MR) is 89.6 cm³/mol. The Morgan fingerprint density at radius 3 is 2.33 bits per heavy atom. The van der Waals surface area contributed by atoms with Gasteiger partial charge in [0.15, 0.2) is 0 Å². The zero-order valence-electron chi connectivity index (χ0n) is 13.0. The Kier molecular flexibility index (Phi) is 2.68. The Morgan fingerprint density at radius 2 is 1.76 bits per heavy atom. The average molecular weight is 305 g/mol. The van der Waals surface area contributed by atoms with Gasteiger partial charge in [0.2, 0.25) is 0 Å². The van der Waals surface area contributed by atoms with Gasteiger partial charge in [-0.15, -0.1) is 0 Å². The highest BCUT2D eigenvalue weighted by atomic mass is 35.5. The molecular formula is C18H25ClN2. The lowest BCUT2D eigenvalue weighted by Crippen LogP contribution is -2.61. The fourth-order valence-corrected chi connectivity index (χ4v) is 6.70. The number of nitrogens with one attached hydrogen (secondary N) is 1. The number of halogens is 1. The summed E-state index contributed by atoms with van der Waals surface area (Å²) in [6.07, 6.45) is 8.11. The summed E-state index contributed by atoms with van der Waals surface area (Å²) in [6, 6.07) is 5.83. The number of anilines is 2. The molecule has 0 aromatic heterocycles. The van der Waals surface area contributed by atoms with Crippen molar-refractivity contribution in [3.63, 3.8) is 0 Å². The number of hydrogen-bond donors (Lipinski definition) is 2. The molecule has 0 amide bonds. The molecule has 2 nitrogen and oxygen atoms in total. The first-order chi connectivity index (χ1) is 9.79. The smallest absolute Gasteiger partial charge is 0.0579 e. The Labute approximate surface area is 132 Å². The Hall–Kier alpha value is -0.890. The minimum Gasteiger partial charge on any atom is -0.397 e. The summed E-state index contributed by atoms with van der Waals surface area (Å²) in [5.41, 5.74) is 9.28. The third-order valence-corrected chi connectivity index (χ3v) is 6.27. The molecule has 4 bridgehead atoms. The van der Waals surface area contributed by atoms with Crippen LogP contribution in [0, 0.1) is 16.7 Å². The van der Waals surface area contributed by atoms with E-state index in [0.29, 0.717) is 15.9 Å². The summed E-state index contributed by atoms with van der Waals surface area (Å²) < 4.78 is 0. The van der Waals surface area contributed by atoms with E-state index in [4.69, 9.17) is 17.3 Å². The van der Waals surface area contributed by atoms with Crippen molar-refractivity contribution in [1.29, 1.82) is 0 Å². The molecule has 2 unspecified atom stereocenters. The molecule has 0 spiro atoms. The molecule has 1 aromatic rings. The Balaban J connectivity index is 1.68. The molecule has 1 aromatic carbocycles. The van der Waals surface area contributed by atoms with E-state index in [1.807, 2.05) is 18.2 Å². The molecule has 3 N–H and O–H groups in total. The van der Waals surface area contributed by atoms with Gasteiger partial charge in [0.1, 0.15) is 0 Å². The SMILES string of the molecule is CC12CC3CC(C)(C1)CC(Nc1ccc(Cl)cc1N)(C3)C2. The topological polar surface area (TPSA) is 38.0 Å². The van der Waals surface area contributed by atoms with Gasteiger partial charge >= 0.3 is 0 Å². The minimum absolute atomic E-state index is 0.241. The largest absolute Gasteiger partial charge is 0.397 e. The zero-order chi connectivity index (χ0) is 14.9. The van der Waals surface area contributed by atoms with Crippen LogP contribution in [-0.2, 0) is 0 Å². The number of nitrogens with two attached hydrogens (primary N) is 1. The molecule has 4 aliphatic carbocycles. The highest BCUT2D eigenvalue weighted by Crippen LogP contribution is 2.66. The summed E-state index contributed by atoms with van der Waals surface area (Å²) in [5.74, 6) is 0.886. The third kappa shape index (κ3) is 2.23. The van der Waals surface area contributed by atoms with Gasteiger partial charge < -0.3 is 11.1 Å². The van der Waals surface area contributed by atoms with Gasteiger partial charge in [-0.3, -0.25) is 0 Å². The molecule has 0 heterocycles. The Morgan fingerprint density at radius 1 is 1.10 bits per heavy atom. The molecule has 0 aliphatic heterocycles. The molecule has 0 radical (unpaired) electrons. The second-order valence-corrected chi connectivity index (χ2v) is 9.20. The molecule has 2 atom stereocenters. The molecule has 21 heavy (non-hydrogen) atoms. The lowest BCUT2D eigenvalue weighted by molar-refractivity contribution is -0.0972. The van der Waals surface area contributed by atoms with Gasteiger partial charge in [0, 0.05) is 10.6 Å². The lowest BCUT2D eigenvalue weighted by Gasteiger charge is -2.65. The summed E-state index contributed by atoms with van der Waals surface area (Å²) >= 11 is 6.03. The highest BCUT2D eigenvalue weighted by molar-refractivity contribution is 6.31. The molecule has 3 heteroatoms. The number of rotatable bonds is 2. The molecule has 4 fully saturated rings. The van der Waals surface area contributed by atoms with Crippen LogP contribution in [0.4, 0.5) is 11.4 Å². The maximum atomic E-state index is 6.17. The number of nitrogen functional groups attached to an aromatic ring is 1. The van der Waals surface area contributed by atoms with Crippen molar-refractivity contribution in [3.8, 4) is 0 Å². The third-order valence-electron chi connectivity index (χ3n) is 6.04. The molecular weight excluding hydrogens is 280 g/mol. The van der Waals surface area contributed by atoms with E-state index in [2.05, 4.69) is 19.2 Å². The van der Waals surface area contributed by atoms with Crippen LogP contribution in [0.1, 0.15) is 52.4 Å². The van der Waals surface area contributed by atoms with Gasteiger partial charge in [-0.2, -0.15) is 0 Å². The first-order valence-corrected chi connectivity index (χ1v) is 8.50. The van der Waals surface area contributed by atoms with Crippen molar-refractivity contribution in [3.05, 3.63) is 23.2 Å². The summed E-state index contributed by atoms with van der Waals surface area (Å²) in [4.78, 5) is 0. The first-order valence-electron chi connectivity index (χ1n) is 8.12. The molecule has 4 aliphatic rings. The fourth-order valence-electron chi connectivity index (χ4n) is 6.52. The van der Waals surface area contributed by atoms with E-state index >= 15 is 0 Å². The number of hydrogen-bond acceptors (Lipinski definition) is 2. The monoisotopic (exact) mass is 304 g/mol. The molecule has 0 saturated heterocycles. The van der Waals surface area contributed by atoms with Crippen molar-refractivity contribution >= 4 is 23.0 Å². The summed E-state index contributed by atoms with van der Waals surface area (Å²) in [6.45, 7) is 4.99. The van der Waals surface area contributed by atoms with Gasteiger partial charge in [-0.25, -0.2) is 0 Å². The normalized spacial score (nSPS) is 44.0. The van der Waals surface area contributed by atoms with Crippen LogP contribution in [0.15, 0.2) is 18.2 Å². The minimum atomic E-state index is 0.241. The van der Waals surface area contributed by atoms with Crippen LogP contribution in [0.3, 0.4) is 0 Å². The van der Waals surface area contributed by atoms with Crippen LogP contribution in [-0.4, -0.2) is 5.54 Å². The second-order valence-electron chi connectivity index (χ2n) is 8.77. The van der Waals surface area contributed by atoms with E-state index in [-0.39, 0.29) is 5.54 Å². The van der Waals surface area contributed by atoms with Crippen molar-refractivity contribution < 1.29 is 0 Å². The molecule has 4 saturated carbocycles. The number of benzene rings is 1. The van der Waals surface area contributed by atoms with Crippen LogP contribution < -0.4 is 11.1 Å². The van der Waals surface area contributed by atoms with E-state index in [1.54, 1.807) is 0 Å². The summed E-state index contributed by atoms with van der Waals surface area (Å²) in [5, 5.41) is 4.56. The van der Waals surface area contributed by atoms with Gasteiger partial charge in [0.05, 0.1) is 11.4 Å². The van der Waals surface area contributed by atoms with Crippen LogP contribution in [0.2, 0.25) is 5.02 Å². The van der Waals surface area contributed by atoms with Crippen molar-refractivity contribution in [1.82, 2.24) is 0 Å². The van der Waals surface area contributed by atoms with Crippen LogP contribution >= 0.6 is 11.6 Å². The first kappa shape index (κ1) is 13.8. The quantitative estimate of drug-likeness (QED) is 0.747. The van der Waals surface area contributed by atoms with Gasteiger partial charge in [-0.1, -0.05) is 25.4 Å². The van der Waals surface area contributed by atoms with E-state index in [9.17, 15) is 0 Å². The lowest BCUT2D eigenvalue weighted by atomic mass is 9.43. The Bertz CT molecular complexity index is 579. The van der Waals surface area contributed by atoms with E-state index in [1.165, 1.54) is 38.5 Å². The summed E-state index contributed by atoms with van der Waals surface area (Å²) in [7, 11) is 0. The maximum Gasteiger partial charge on any atom is 0.0579 e. The highest BCUT2D eigenvalue weighted by Gasteiger charge is 2.60. The van der Waals surface area contributed by atoms with Crippen molar-refractivity contribution in [2.75, 3.05) is 11.1 Å². The van der Waals surface area contributed by atoms with Gasteiger partial charge in [0.25, 0.3) is 0 Å². The van der Waals surface area contributed by atoms with E-state index < -0.39 is 0 Å². The van der Waals surface area contributed by atoms with E-state index in [0.717, 1.165) is 17.3 Å². The predicted octanol–water partition coefficient (Wildman–Crippen LogP) is 5.08. The average Bonchev–Trinajstić information content (AvgIpc) is 2.28. The molecule has 5 rings (SSSR count). The zero-order valence-corrected chi connectivity index (χ0v) is 13.8. The van der Waals surface area contributed by atoms with Gasteiger partial charge in [-0.05, 0) is 73.5 Å². The maximum absolute atomic E-state index is 6.17. The second kappa shape index (κ2) is 4.10.